The summed E-state index contributed by atoms with van der Waals surface area (Å²) in [7, 11) is -2.77. The summed E-state index contributed by atoms with van der Waals surface area (Å²) in [5.74, 6) is -0.540. The van der Waals surface area contributed by atoms with E-state index in [0.717, 1.165) is 23.8 Å². The Balaban J connectivity index is 2.07. The summed E-state index contributed by atoms with van der Waals surface area (Å²) in [4.78, 5) is 17.0. The molecule has 146 valence electrons. The zero-order valence-electron chi connectivity index (χ0n) is 14.6. The van der Waals surface area contributed by atoms with Crippen molar-refractivity contribution in [3.05, 3.63) is 59.9 Å². The van der Waals surface area contributed by atoms with E-state index in [2.05, 4.69) is 4.98 Å². The molecule has 10 heteroatoms. The highest BCUT2D eigenvalue weighted by molar-refractivity contribution is 7.89. The van der Waals surface area contributed by atoms with Crippen LogP contribution in [0, 0.1) is 0 Å². The van der Waals surface area contributed by atoms with Gasteiger partial charge in [-0.2, -0.15) is 13.2 Å². The van der Waals surface area contributed by atoms with E-state index in [1.165, 1.54) is 11.9 Å². The summed E-state index contributed by atoms with van der Waals surface area (Å²) in [5, 5.41) is 0. The molecule has 1 atom stereocenters. The van der Waals surface area contributed by atoms with E-state index >= 15 is 0 Å². The highest BCUT2D eigenvalue weighted by Gasteiger charge is 2.31. The van der Waals surface area contributed by atoms with Crippen molar-refractivity contribution in [3.8, 4) is 0 Å². The topological polar surface area (TPSA) is 79.4 Å². The van der Waals surface area contributed by atoms with Gasteiger partial charge in [-0.05, 0) is 36.8 Å². The molecular formula is C17H18F3N3O3S. The average molecular weight is 401 g/mol. The first-order valence-corrected chi connectivity index (χ1v) is 9.33. The number of carbonyl (C=O) groups excluding carboxylic acids is 1. The van der Waals surface area contributed by atoms with Crippen LogP contribution in [-0.4, -0.2) is 37.8 Å². The van der Waals surface area contributed by atoms with Crippen LogP contribution in [0.5, 0.6) is 0 Å². The average Bonchev–Trinajstić information content (AvgIpc) is 2.65. The number of rotatable bonds is 6. The lowest BCUT2D eigenvalue weighted by atomic mass is 10.1. The number of benzene rings is 1. The number of likely N-dealkylation sites (N-methyl/N-ethyl adjacent to an activating group) is 1. The van der Waals surface area contributed by atoms with Gasteiger partial charge in [0.25, 0.3) is 0 Å². The lowest BCUT2D eigenvalue weighted by Gasteiger charge is -2.25. The second-order valence-electron chi connectivity index (χ2n) is 5.82. The van der Waals surface area contributed by atoms with Gasteiger partial charge in [-0.25, -0.2) is 13.1 Å². The Labute approximate surface area is 155 Å². The molecule has 27 heavy (non-hydrogen) atoms. The van der Waals surface area contributed by atoms with Gasteiger partial charge < -0.3 is 4.90 Å². The van der Waals surface area contributed by atoms with Crippen molar-refractivity contribution in [2.24, 2.45) is 0 Å². The molecule has 0 aliphatic rings. The van der Waals surface area contributed by atoms with E-state index in [4.69, 9.17) is 0 Å². The molecule has 0 saturated carbocycles. The zero-order valence-corrected chi connectivity index (χ0v) is 15.4. The third-order valence-corrected chi connectivity index (χ3v) is 5.43. The number of hydrogen-bond donors (Lipinski definition) is 1. The molecule has 0 aliphatic carbocycles. The van der Waals surface area contributed by atoms with Crippen LogP contribution in [0.15, 0.2) is 53.7 Å². The van der Waals surface area contributed by atoms with E-state index < -0.39 is 39.1 Å². The quantitative estimate of drug-likeness (QED) is 0.807. The molecule has 1 heterocycles. The van der Waals surface area contributed by atoms with Gasteiger partial charge in [0.2, 0.25) is 15.9 Å². The SMILES string of the molecule is CC(c1cccnc1)N(C)C(=O)CNS(=O)(=O)c1cccc(C(F)(F)F)c1. The van der Waals surface area contributed by atoms with Gasteiger partial charge in [-0.1, -0.05) is 12.1 Å². The number of carbonyl (C=O) groups is 1. The van der Waals surface area contributed by atoms with Crippen molar-refractivity contribution >= 4 is 15.9 Å². The van der Waals surface area contributed by atoms with Crippen LogP contribution in [-0.2, 0) is 21.0 Å². The second kappa shape index (κ2) is 8.05. The van der Waals surface area contributed by atoms with Crippen molar-refractivity contribution in [1.29, 1.82) is 0 Å². The Hall–Kier alpha value is -2.46. The first-order chi connectivity index (χ1) is 12.5. The van der Waals surface area contributed by atoms with E-state index in [1.807, 2.05) is 4.72 Å². The van der Waals surface area contributed by atoms with Gasteiger partial charge in [-0.15, -0.1) is 0 Å². The van der Waals surface area contributed by atoms with Crippen LogP contribution in [0.1, 0.15) is 24.1 Å². The smallest absolute Gasteiger partial charge is 0.338 e. The van der Waals surface area contributed by atoms with Crippen LogP contribution in [0.3, 0.4) is 0 Å². The van der Waals surface area contributed by atoms with E-state index in [-0.39, 0.29) is 6.04 Å². The number of amides is 1. The summed E-state index contributed by atoms with van der Waals surface area (Å²) in [6.45, 7) is 1.16. The van der Waals surface area contributed by atoms with Crippen molar-refractivity contribution in [3.63, 3.8) is 0 Å². The van der Waals surface area contributed by atoms with Gasteiger partial charge in [-0.3, -0.25) is 9.78 Å². The molecule has 0 saturated heterocycles. The number of nitrogens with one attached hydrogen (secondary N) is 1. The molecule has 0 spiro atoms. The number of nitrogens with zero attached hydrogens (tertiary/aromatic N) is 2. The minimum Gasteiger partial charge on any atom is -0.338 e. The Bertz CT molecular complexity index is 902. The minimum atomic E-state index is -4.67. The Morgan fingerprint density at radius 2 is 1.96 bits per heavy atom. The van der Waals surface area contributed by atoms with Crippen LogP contribution in [0.2, 0.25) is 0 Å². The molecule has 1 unspecified atom stereocenters. The second-order valence-corrected chi connectivity index (χ2v) is 7.58. The molecule has 0 radical (unpaired) electrons. The molecule has 1 amide bonds. The number of sulfonamides is 1. The summed E-state index contributed by atoms with van der Waals surface area (Å²) in [6, 6.07) is 6.45. The first kappa shape index (κ1) is 20.8. The van der Waals surface area contributed by atoms with Crippen LogP contribution < -0.4 is 4.72 Å². The highest BCUT2D eigenvalue weighted by atomic mass is 32.2. The number of alkyl halides is 3. The fraction of sp³-hybridized carbons (Fsp3) is 0.294. The summed E-state index contributed by atoms with van der Waals surface area (Å²) >= 11 is 0. The number of aromatic nitrogens is 1. The maximum Gasteiger partial charge on any atom is 0.416 e. The van der Waals surface area contributed by atoms with E-state index in [1.54, 1.807) is 31.5 Å². The zero-order chi connectivity index (χ0) is 20.2. The standard InChI is InChI=1S/C17H18F3N3O3S/c1-12(13-5-4-8-21-10-13)23(2)16(24)11-22-27(25,26)15-7-3-6-14(9-15)17(18,19)20/h3-10,12,22H,11H2,1-2H3. The number of hydrogen-bond acceptors (Lipinski definition) is 4. The van der Waals surface area contributed by atoms with Crippen LogP contribution in [0.4, 0.5) is 13.2 Å². The third-order valence-electron chi connectivity index (χ3n) is 4.03. The Kier molecular flexibility index (Phi) is 6.22. The molecule has 1 N–H and O–H groups in total. The number of halogens is 3. The van der Waals surface area contributed by atoms with Crippen molar-refractivity contribution in [2.75, 3.05) is 13.6 Å². The number of pyridine rings is 1. The fourth-order valence-electron chi connectivity index (χ4n) is 2.27. The maximum atomic E-state index is 12.7. The van der Waals surface area contributed by atoms with Gasteiger partial charge in [0.1, 0.15) is 0 Å². The van der Waals surface area contributed by atoms with E-state index in [0.29, 0.717) is 6.07 Å². The molecule has 2 aromatic rings. The Morgan fingerprint density at radius 3 is 2.56 bits per heavy atom. The van der Waals surface area contributed by atoms with Crippen LogP contribution in [0.25, 0.3) is 0 Å². The monoisotopic (exact) mass is 401 g/mol. The fourth-order valence-corrected chi connectivity index (χ4v) is 3.29. The van der Waals surface area contributed by atoms with Crippen molar-refractivity contribution < 1.29 is 26.4 Å². The predicted molar refractivity (Wildman–Crippen MR) is 92.1 cm³/mol. The molecule has 2 rings (SSSR count). The summed E-state index contributed by atoms with van der Waals surface area (Å²) in [5.41, 5.74) is -0.326. The Morgan fingerprint density at radius 1 is 1.26 bits per heavy atom. The minimum absolute atomic E-state index is 0.357. The van der Waals surface area contributed by atoms with Gasteiger partial charge in [0, 0.05) is 19.4 Å². The molecule has 0 fully saturated rings. The normalized spacial score (nSPS) is 13.2. The third kappa shape index (κ3) is 5.27. The van der Waals surface area contributed by atoms with Crippen molar-refractivity contribution in [2.45, 2.75) is 24.0 Å². The molecular weight excluding hydrogens is 383 g/mol. The van der Waals surface area contributed by atoms with Gasteiger partial charge in [0.05, 0.1) is 23.0 Å². The lowest BCUT2D eigenvalue weighted by Crippen LogP contribution is -2.39. The molecule has 1 aromatic heterocycles. The molecule has 0 aliphatic heterocycles. The molecule has 1 aromatic carbocycles. The van der Waals surface area contributed by atoms with Crippen LogP contribution >= 0.6 is 0 Å². The van der Waals surface area contributed by atoms with Gasteiger partial charge in [0.15, 0.2) is 0 Å². The predicted octanol–water partition coefficient (Wildman–Crippen LogP) is 2.60. The van der Waals surface area contributed by atoms with Crippen molar-refractivity contribution in [1.82, 2.24) is 14.6 Å². The lowest BCUT2D eigenvalue weighted by molar-refractivity contribution is -0.137. The van der Waals surface area contributed by atoms with E-state index in [9.17, 15) is 26.4 Å². The maximum absolute atomic E-state index is 12.7. The van der Waals surface area contributed by atoms with Gasteiger partial charge >= 0.3 is 6.18 Å². The summed E-state index contributed by atoms with van der Waals surface area (Å²) in [6.07, 6.45) is -1.50. The first-order valence-electron chi connectivity index (χ1n) is 7.85. The highest BCUT2D eigenvalue weighted by Crippen LogP contribution is 2.30. The summed E-state index contributed by atoms with van der Waals surface area (Å²) < 4.78 is 64.7. The molecule has 0 bridgehead atoms. The molecule has 6 nitrogen and oxygen atoms in total. The largest absolute Gasteiger partial charge is 0.416 e.